The zero-order valence-corrected chi connectivity index (χ0v) is 17.2. The average Bonchev–Trinajstić information content (AvgIpc) is 3.10. The van der Waals surface area contributed by atoms with Gasteiger partial charge in [0.2, 0.25) is 0 Å². The van der Waals surface area contributed by atoms with Crippen molar-refractivity contribution in [2.24, 2.45) is 5.92 Å². The Morgan fingerprint density at radius 2 is 1.93 bits per heavy atom. The predicted molar refractivity (Wildman–Crippen MR) is 116 cm³/mol. The van der Waals surface area contributed by atoms with Crippen LogP contribution in [0.4, 0.5) is 14.9 Å². The van der Waals surface area contributed by atoms with Gasteiger partial charge in [0.15, 0.2) is 0 Å². The standard InChI is InChI=1S/C24H27FN4O/c1-18-15-26-23(29(18)17-19-8-3-2-4-9-19)14-20-10-7-13-28(16-20)24(30)27-22-12-6-5-11-21(22)25/h2-6,8-9,11-12,15,20H,7,10,13-14,16-17H2,1H3,(H,27,30). The highest BCUT2D eigenvalue weighted by Gasteiger charge is 2.25. The number of nitrogens with zero attached hydrogens (tertiary/aromatic N) is 3. The van der Waals surface area contributed by atoms with Crippen molar-refractivity contribution in [1.82, 2.24) is 14.5 Å². The van der Waals surface area contributed by atoms with Crippen molar-refractivity contribution in [2.45, 2.75) is 32.7 Å². The summed E-state index contributed by atoms with van der Waals surface area (Å²) in [6.07, 6.45) is 4.74. The van der Waals surface area contributed by atoms with Gasteiger partial charge in [-0.2, -0.15) is 0 Å². The molecular weight excluding hydrogens is 379 g/mol. The minimum absolute atomic E-state index is 0.221. The lowest BCUT2D eigenvalue weighted by Gasteiger charge is -2.32. The lowest BCUT2D eigenvalue weighted by atomic mass is 9.94. The lowest BCUT2D eigenvalue weighted by Crippen LogP contribution is -2.43. The van der Waals surface area contributed by atoms with E-state index in [1.165, 1.54) is 11.6 Å². The highest BCUT2D eigenvalue weighted by molar-refractivity contribution is 5.89. The highest BCUT2D eigenvalue weighted by atomic mass is 19.1. The summed E-state index contributed by atoms with van der Waals surface area (Å²) in [7, 11) is 0. The number of rotatable bonds is 5. The van der Waals surface area contributed by atoms with Crippen molar-refractivity contribution in [2.75, 3.05) is 18.4 Å². The second-order valence-corrected chi connectivity index (χ2v) is 7.96. The minimum Gasteiger partial charge on any atom is -0.328 e. The van der Waals surface area contributed by atoms with Crippen LogP contribution in [0.5, 0.6) is 0 Å². The fourth-order valence-electron chi connectivity index (χ4n) is 4.09. The Balaban J connectivity index is 1.41. The first-order valence-electron chi connectivity index (χ1n) is 10.5. The third-order valence-corrected chi connectivity index (χ3v) is 5.71. The first kappa shape index (κ1) is 20.1. The number of imidazole rings is 1. The maximum Gasteiger partial charge on any atom is 0.321 e. The minimum atomic E-state index is -0.419. The molecule has 3 aromatic rings. The molecule has 0 aliphatic carbocycles. The van der Waals surface area contributed by atoms with Gasteiger partial charge in [0, 0.05) is 37.9 Å². The Morgan fingerprint density at radius 1 is 1.17 bits per heavy atom. The van der Waals surface area contributed by atoms with Gasteiger partial charge in [-0.3, -0.25) is 0 Å². The van der Waals surface area contributed by atoms with Crippen LogP contribution < -0.4 is 5.32 Å². The molecule has 1 saturated heterocycles. The number of aryl methyl sites for hydroxylation is 1. The molecule has 5 nitrogen and oxygen atoms in total. The number of anilines is 1. The lowest BCUT2D eigenvalue weighted by molar-refractivity contribution is 0.176. The number of urea groups is 1. The third-order valence-electron chi connectivity index (χ3n) is 5.71. The van der Waals surface area contributed by atoms with E-state index in [4.69, 9.17) is 0 Å². The summed E-state index contributed by atoms with van der Waals surface area (Å²) in [5, 5.41) is 2.70. The van der Waals surface area contributed by atoms with E-state index in [1.54, 1.807) is 23.1 Å². The van der Waals surface area contributed by atoms with Crippen LogP contribution >= 0.6 is 0 Å². The molecule has 1 N–H and O–H groups in total. The molecule has 2 amide bonds. The second-order valence-electron chi connectivity index (χ2n) is 7.96. The Hall–Kier alpha value is -3.15. The van der Waals surface area contributed by atoms with E-state index in [9.17, 15) is 9.18 Å². The molecule has 0 bridgehead atoms. The van der Waals surface area contributed by atoms with Crippen LogP contribution in [0.3, 0.4) is 0 Å². The van der Waals surface area contributed by atoms with Crippen molar-refractivity contribution in [3.05, 3.63) is 83.7 Å². The Morgan fingerprint density at radius 3 is 2.73 bits per heavy atom. The SMILES string of the molecule is Cc1cnc(CC2CCCN(C(=O)Nc3ccccc3F)C2)n1Cc1ccccc1. The summed E-state index contributed by atoms with van der Waals surface area (Å²) in [5.41, 5.74) is 2.60. The van der Waals surface area contributed by atoms with E-state index in [0.29, 0.717) is 19.0 Å². The van der Waals surface area contributed by atoms with Crippen LogP contribution in [0.1, 0.15) is 29.9 Å². The van der Waals surface area contributed by atoms with E-state index in [-0.39, 0.29) is 11.7 Å². The number of para-hydroxylation sites is 1. The molecule has 30 heavy (non-hydrogen) atoms. The molecule has 0 saturated carbocycles. The van der Waals surface area contributed by atoms with Gasteiger partial charge in [-0.15, -0.1) is 0 Å². The number of benzene rings is 2. The summed E-state index contributed by atoms with van der Waals surface area (Å²) < 4.78 is 16.1. The summed E-state index contributed by atoms with van der Waals surface area (Å²) in [4.78, 5) is 19.1. The van der Waals surface area contributed by atoms with Crippen molar-refractivity contribution in [3.63, 3.8) is 0 Å². The van der Waals surface area contributed by atoms with Crippen LogP contribution in [0.2, 0.25) is 0 Å². The molecule has 1 atom stereocenters. The molecule has 6 heteroatoms. The quantitative estimate of drug-likeness (QED) is 0.657. The van der Waals surface area contributed by atoms with Gasteiger partial charge < -0.3 is 14.8 Å². The Bertz CT molecular complexity index is 1000. The molecule has 1 aliphatic rings. The highest BCUT2D eigenvalue weighted by Crippen LogP contribution is 2.23. The fraction of sp³-hybridized carbons (Fsp3) is 0.333. The Labute approximate surface area is 176 Å². The number of halogens is 1. The maximum absolute atomic E-state index is 13.9. The molecule has 0 radical (unpaired) electrons. The largest absolute Gasteiger partial charge is 0.328 e. The van der Waals surface area contributed by atoms with Gasteiger partial charge in [0.05, 0.1) is 5.69 Å². The molecule has 0 spiro atoms. The topological polar surface area (TPSA) is 50.2 Å². The van der Waals surface area contributed by atoms with E-state index >= 15 is 0 Å². The maximum atomic E-state index is 13.9. The summed E-state index contributed by atoms with van der Waals surface area (Å²) in [6.45, 7) is 4.21. The normalized spacial score (nSPS) is 16.5. The monoisotopic (exact) mass is 406 g/mol. The third kappa shape index (κ3) is 4.70. The van der Waals surface area contributed by atoms with Crippen LogP contribution in [0.25, 0.3) is 0 Å². The fourth-order valence-corrected chi connectivity index (χ4v) is 4.09. The average molecular weight is 407 g/mol. The Kier molecular flexibility index (Phi) is 6.12. The molecule has 2 heterocycles. The molecule has 1 aromatic heterocycles. The number of carbonyl (C=O) groups is 1. The zero-order valence-electron chi connectivity index (χ0n) is 17.2. The number of amides is 2. The number of aromatic nitrogens is 2. The molecule has 1 fully saturated rings. The molecule has 1 aliphatic heterocycles. The van der Waals surface area contributed by atoms with Gasteiger partial charge in [0.1, 0.15) is 11.6 Å². The number of likely N-dealkylation sites (tertiary alicyclic amines) is 1. The number of hydrogen-bond acceptors (Lipinski definition) is 2. The van der Waals surface area contributed by atoms with Gasteiger partial charge in [-0.25, -0.2) is 14.2 Å². The van der Waals surface area contributed by atoms with E-state index < -0.39 is 5.82 Å². The number of nitrogens with one attached hydrogen (secondary N) is 1. The summed E-state index contributed by atoms with van der Waals surface area (Å²) in [5.74, 6) is 0.969. The first-order chi connectivity index (χ1) is 14.6. The number of carbonyl (C=O) groups excluding carboxylic acids is 1. The van der Waals surface area contributed by atoms with Crippen LogP contribution in [0.15, 0.2) is 60.8 Å². The van der Waals surface area contributed by atoms with Crippen LogP contribution in [-0.2, 0) is 13.0 Å². The molecule has 4 rings (SSSR count). The van der Waals surface area contributed by atoms with Crippen LogP contribution in [-0.4, -0.2) is 33.6 Å². The van der Waals surface area contributed by atoms with E-state index in [1.807, 2.05) is 12.3 Å². The number of hydrogen-bond donors (Lipinski definition) is 1. The first-order valence-corrected chi connectivity index (χ1v) is 10.5. The predicted octanol–water partition coefficient (Wildman–Crippen LogP) is 4.87. The van der Waals surface area contributed by atoms with Gasteiger partial charge in [-0.1, -0.05) is 42.5 Å². The zero-order chi connectivity index (χ0) is 20.9. The van der Waals surface area contributed by atoms with Crippen molar-refractivity contribution >= 4 is 11.7 Å². The van der Waals surface area contributed by atoms with E-state index in [2.05, 4.69) is 46.1 Å². The second kappa shape index (κ2) is 9.11. The number of piperidine rings is 1. The van der Waals surface area contributed by atoms with Crippen molar-refractivity contribution < 1.29 is 9.18 Å². The van der Waals surface area contributed by atoms with Crippen LogP contribution in [0, 0.1) is 18.7 Å². The summed E-state index contributed by atoms with van der Waals surface area (Å²) in [6, 6.07) is 16.4. The molecule has 2 aromatic carbocycles. The smallest absolute Gasteiger partial charge is 0.321 e. The molecule has 156 valence electrons. The van der Waals surface area contributed by atoms with Gasteiger partial charge in [-0.05, 0) is 43.4 Å². The van der Waals surface area contributed by atoms with Crippen molar-refractivity contribution in [3.8, 4) is 0 Å². The molecular formula is C24H27FN4O. The molecule has 1 unspecified atom stereocenters. The van der Waals surface area contributed by atoms with E-state index in [0.717, 1.165) is 37.3 Å². The van der Waals surface area contributed by atoms with Gasteiger partial charge >= 0.3 is 6.03 Å². The summed E-state index contributed by atoms with van der Waals surface area (Å²) >= 11 is 0. The van der Waals surface area contributed by atoms with Crippen molar-refractivity contribution in [1.29, 1.82) is 0 Å². The van der Waals surface area contributed by atoms with Gasteiger partial charge in [0.25, 0.3) is 0 Å².